The van der Waals surface area contributed by atoms with Crippen molar-refractivity contribution >= 4 is 5.91 Å². The van der Waals surface area contributed by atoms with Crippen LogP contribution in [-0.2, 0) is 10.2 Å². The Balaban J connectivity index is 0.00000103. The van der Waals surface area contributed by atoms with E-state index < -0.39 is 5.41 Å². The van der Waals surface area contributed by atoms with Crippen molar-refractivity contribution in [3.05, 3.63) is 66.0 Å². The molecule has 1 unspecified atom stereocenters. The molecule has 0 radical (unpaired) electrons. The summed E-state index contributed by atoms with van der Waals surface area (Å²) in [5.41, 5.74) is 0.961. The molecule has 0 fully saturated rings. The number of pyridine rings is 1. The van der Waals surface area contributed by atoms with Crippen LogP contribution in [0.25, 0.3) is 0 Å². The zero-order valence-corrected chi connectivity index (χ0v) is 20.0. The van der Waals surface area contributed by atoms with Crippen LogP contribution < -0.4 is 5.32 Å². The molecule has 1 atom stereocenters. The Morgan fingerprint density at radius 1 is 0.967 bits per heavy atom. The Kier molecular flexibility index (Phi) is 11.3. The van der Waals surface area contributed by atoms with E-state index in [1.807, 2.05) is 48.5 Å². The lowest BCUT2D eigenvalue weighted by atomic mass is 9.73. The van der Waals surface area contributed by atoms with Gasteiger partial charge >= 0.3 is 0 Å². The molecule has 1 N–H and O–H groups in total. The van der Waals surface area contributed by atoms with Crippen LogP contribution in [-0.4, -0.2) is 41.5 Å². The molecular formula is C26H41N3O. The molecule has 1 amide bonds. The normalized spacial score (nSPS) is 13.0. The van der Waals surface area contributed by atoms with Crippen molar-refractivity contribution in [2.45, 2.75) is 78.3 Å². The van der Waals surface area contributed by atoms with E-state index in [0.29, 0.717) is 18.5 Å². The molecule has 0 aliphatic heterocycles. The van der Waals surface area contributed by atoms with E-state index in [4.69, 9.17) is 0 Å². The van der Waals surface area contributed by atoms with E-state index >= 15 is 0 Å². The van der Waals surface area contributed by atoms with Crippen LogP contribution in [0.15, 0.2) is 54.7 Å². The third-order valence-corrected chi connectivity index (χ3v) is 5.56. The minimum atomic E-state index is -0.806. The second kappa shape index (κ2) is 13.2. The number of unbranched alkanes of at least 4 members (excludes halogenated alkanes) is 1. The predicted octanol–water partition coefficient (Wildman–Crippen LogP) is 5.43. The first kappa shape index (κ1) is 25.8. The van der Waals surface area contributed by atoms with Crippen molar-refractivity contribution in [3.63, 3.8) is 0 Å². The van der Waals surface area contributed by atoms with E-state index in [1.54, 1.807) is 13.2 Å². The lowest BCUT2D eigenvalue weighted by molar-refractivity contribution is -0.125. The summed E-state index contributed by atoms with van der Waals surface area (Å²) in [4.78, 5) is 20.2. The second-order valence-electron chi connectivity index (χ2n) is 8.24. The van der Waals surface area contributed by atoms with Gasteiger partial charge in [-0.05, 0) is 51.8 Å². The maximum Gasteiger partial charge on any atom is 0.236 e. The van der Waals surface area contributed by atoms with Gasteiger partial charge in [-0.1, -0.05) is 63.1 Å². The van der Waals surface area contributed by atoms with Crippen molar-refractivity contribution in [2.24, 2.45) is 0 Å². The number of carbonyl (C=O) groups excluding carboxylic acids is 1. The van der Waals surface area contributed by atoms with Gasteiger partial charge < -0.3 is 5.32 Å². The number of hydrogen-bond donors (Lipinski definition) is 1. The fraction of sp³-hybridized carbons (Fsp3) is 0.538. The highest BCUT2D eigenvalue weighted by Gasteiger charge is 2.43. The highest BCUT2D eigenvalue weighted by Crippen LogP contribution is 2.35. The Bertz CT molecular complexity index is 664. The third kappa shape index (κ3) is 6.66. The SMILES string of the molecule is CCCC.CNC(=O)C(CCN(C(C)C)C(C)C)(c1ccccc1)c1ccccn1. The quantitative estimate of drug-likeness (QED) is 0.598. The smallest absolute Gasteiger partial charge is 0.236 e. The van der Waals surface area contributed by atoms with Gasteiger partial charge in [-0.15, -0.1) is 0 Å². The van der Waals surface area contributed by atoms with Crippen molar-refractivity contribution < 1.29 is 4.79 Å². The van der Waals surface area contributed by atoms with Crippen molar-refractivity contribution in [3.8, 4) is 0 Å². The minimum Gasteiger partial charge on any atom is -0.358 e. The van der Waals surface area contributed by atoms with Crippen LogP contribution in [0.4, 0.5) is 0 Å². The third-order valence-electron chi connectivity index (χ3n) is 5.56. The summed E-state index contributed by atoms with van der Waals surface area (Å²) in [6.45, 7) is 14.0. The maximum atomic E-state index is 13.2. The zero-order chi connectivity index (χ0) is 22.6. The van der Waals surface area contributed by atoms with Gasteiger partial charge in [0.25, 0.3) is 0 Å². The number of rotatable bonds is 9. The molecule has 166 valence electrons. The molecule has 0 aliphatic rings. The van der Waals surface area contributed by atoms with Crippen LogP contribution in [0.3, 0.4) is 0 Å². The van der Waals surface area contributed by atoms with Crippen molar-refractivity contribution in [2.75, 3.05) is 13.6 Å². The summed E-state index contributed by atoms with van der Waals surface area (Å²) in [6.07, 6.45) is 5.07. The highest BCUT2D eigenvalue weighted by molar-refractivity contribution is 5.91. The number of nitrogens with zero attached hydrogens (tertiary/aromatic N) is 2. The van der Waals surface area contributed by atoms with Gasteiger partial charge in [0.2, 0.25) is 5.91 Å². The fourth-order valence-corrected chi connectivity index (χ4v) is 3.74. The first-order valence-electron chi connectivity index (χ1n) is 11.3. The Labute approximate surface area is 184 Å². The second-order valence-corrected chi connectivity index (χ2v) is 8.24. The van der Waals surface area contributed by atoms with E-state index in [0.717, 1.165) is 17.8 Å². The molecule has 30 heavy (non-hydrogen) atoms. The largest absolute Gasteiger partial charge is 0.358 e. The average molecular weight is 412 g/mol. The number of aromatic nitrogens is 1. The molecule has 0 spiro atoms. The standard InChI is InChI=1S/C22H31N3O.C4H10/c1-17(2)25(18(3)4)16-14-22(21(26)23-5,19-11-7-6-8-12-19)20-13-9-10-15-24-20;1-3-4-2/h6-13,15,17-18H,14,16H2,1-5H3,(H,23,26);3-4H2,1-2H3. The molecular weight excluding hydrogens is 370 g/mol. The van der Waals surface area contributed by atoms with Gasteiger partial charge in [0.05, 0.1) is 5.69 Å². The Morgan fingerprint density at radius 3 is 1.97 bits per heavy atom. The molecule has 0 aliphatic carbocycles. The van der Waals surface area contributed by atoms with Crippen LogP contribution in [0, 0.1) is 0 Å². The molecule has 4 heteroatoms. The lowest BCUT2D eigenvalue weighted by Crippen LogP contribution is -2.48. The number of benzene rings is 1. The van der Waals surface area contributed by atoms with Gasteiger partial charge in [-0.3, -0.25) is 14.7 Å². The summed E-state index contributed by atoms with van der Waals surface area (Å²) in [5, 5.41) is 2.89. The molecule has 1 aromatic carbocycles. The molecule has 0 saturated heterocycles. The molecule has 0 bridgehead atoms. The first-order chi connectivity index (χ1) is 14.3. The summed E-state index contributed by atoms with van der Waals surface area (Å²) < 4.78 is 0. The van der Waals surface area contributed by atoms with Crippen molar-refractivity contribution in [1.29, 1.82) is 0 Å². The van der Waals surface area contributed by atoms with Gasteiger partial charge in [0, 0.05) is 31.9 Å². The van der Waals surface area contributed by atoms with Crippen LogP contribution >= 0.6 is 0 Å². The number of hydrogen-bond acceptors (Lipinski definition) is 3. The molecule has 1 heterocycles. The number of nitrogens with one attached hydrogen (secondary N) is 1. The van der Waals surface area contributed by atoms with Crippen LogP contribution in [0.1, 0.15) is 72.1 Å². The topological polar surface area (TPSA) is 45.2 Å². The lowest BCUT2D eigenvalue weighted by Gasteiger charge is -2.37. The van der Waals surface area contributed by atoms with Crippen molar-refractivity contribution in [1.82, 2.24) is 15.2 Å². The molecule has 4 nitrogen and oxygen atoms in total. The minimum absolute atomic E-state index is 0.0186. The zero-order valence-electron chi connectivity index (χ0n) is 20.0. The highest BCUT2D eigenvalue weighted by atomic mass is 16.2. The average Bonchev–Trinajstić information content (AvgIpc) is 2.77. The van der Waals surface area contributed by atoms with E-state index in [2.05, 4.69) is 56.7 Å². The summed E-state index contributed by atoms with van der Waals surface area (Å²) in [7, 11) is 1.70. The number of amides is 1. The summed E-state index contributed by atoms with van der Waals surface area (Å²) in [5.74, 6) is -0.0186. The monoisotopic (exact) mass is 411 g/mol. The van der Waals surface area contributed by atoms with Crippen LogP contribution in [0.5, 0.6) is 0 Å². The van der Waals surface area contributed by atoms with Gasteiger partial charge in [0.15, 0.2) is 0 Å². The molecule has 1 aromatic heterocycles. The van der Waals surface area contributed by atoms with Gasteiger partial charge in [0.1, 0.15) is 5.41 Å². The number of likely N-dealkylation sites (N-methyl/N-ethyl adjacent to an activating group) is 1. The summed E-state index contributed by atoms with van der Waals surface area (Å²) >= 11 is 0. The molecule has 0 saturated carbocycles. The summed E-state index contributed by atoms with van der Waals surface area (Å²) in [6, 6.07) is 16.6. The Morgan fingerprint density at radius 2 is 1.53 bits per heavy atom. The van der Waals surface area contributed by atoms with Gasteiger partial charge in [-0.25, -0.2) is 0 Å². The predicted molar refractivity (Wildman–Crippen MR) is 128 cm³/mol. The molecule has 2 aromatic rings. The fourth-order valence-electron chi connectivity index (χ4n) is 3.74. The maximum absolute atomic E-state index is 13.2. The first-order valence-corrected chi connectivity index (χ1v) is 11.3. The van der Waals surface area contributed by atoms with E-state index in [-0.39, 0.29) is 5.91 Å². The molecule has 2 rings (SSSR count). The van der Waals surface area contributed by atoms with E-state index in [9.17, 15) is 4.79 Å². The number of carbonyl (C=O) groups is 1. The Hall–Kier alpha value is -2.20. The van der Waals surface area contributed by atoms with E-state index in [1.165, 1.54) is 12.8 Å². The van der Waals surface area contributed by atoms with Gasteiger partial charge in [-0.2, -0.15) is 0 Å². The van der Waals surface area contributed by atoms with Crippen LogP contribution in [0.2, 0.25) is 0 Å².